The predicted molar refractivity (Wildman–Crippen MR) is 135 cm³/mol. The molecule has 5 rings (SSSR count). The van der Waals surface area contributed by atoms with Crippen molar-refractivity contribution in [2.45, 2.75) is 18.5 Å². The van der Waals surface area contributed by atoms with Crippen molar-refractivity contribution in [2.24, 2.45) is 0 Å². The zero-order valence-corrected chi connectivity index (χ0v) is 21.0. The quantitative estimate of drug-likeness (QED) is 0.290. The molecular formula is C25H22Cl2F3N3O4. The lowest BCUT2D eigenvalue weighted by molar-refractivity contribution is -0.143. The monoisotopic (exact) mass is 555 g/mol. The number of fused-ring (bicyclic) bond motifs is 1. The van der Waals surface area contributed by atoms with Gasteiger partial charge in [0.15, 0.2) is 5.76 Å². The molecule has 1 aromatic heterocycles. The summed E-state index contributed by atoms with van der Waals surface area (Å²) in [4.78, 5) is 14.1. The number of aliphatic hydroxyl groups is 1. The molecule has 0 radical (unpaired) electrons. The van der Waals surface area contributed by atoms with Gasteiger partial charge in [0.2, 0.25) is 5.76 Å². The van der Waals surface area contributed by atoms with Gasteiger partial charge in [0.25, 0.3) is 11.8 Å². The van der Waals surface area contributed by atoms with Crippen molar-refractivity contribution in [2.75, 3.05) is 32.1 Å². The van der Waals surface area contributed by atoms with Crippen LogP contribution in [-0.4, -0.2) is 54.0 Å². The van der Waals surface area contributed by atoms with Crippen LogP contribution in [0.2, 0.25) is 5.02 Å². The number of amides is 1. The maximum Gasteiger partial charge on any atom is 0.401 e. The van der Waals surface area contributed by atoms with Gasteiger partial charge in [-0.2, -0.15) is 13.2 Å². The highest BCUT2D eigenvalue weighted by atomic mass is 35.5. The summed E-state index contributed by atoms with van der Waals surface area (Å²) in [6.07, 6.45) is -3.55. The van der Waals surface area contributed by atoms with E-state index >= 15 is 0 Å². The number of aliphatic hydroxyl groups excluding tert-OH is 1. The van der Waals surface area contributed by atoms with E-state index in [4.69, 9.17) is 20.9 Å². The normalized spacial score (nSPS) is 18.8. The molecule has 2 N–H and O–H groups in total. The Morgan fingerprint density at radius 1 is 1.24 bits per heavy atom. The summed E-state index contributed by atoms with van der Waals surface area (Å²) in [7, 11) is 1.40. The maximum atomic E-state index is 12.7. The Morgan fingerprint density at radius 3 is 2.62 bits per heavy atom. The summed E-state index contributed by atoms with van der Waals surface area (Å²) < 4.78 is 48.2. The van der Waals surface area contributed by atoms with Gasteiger partial charge in [-0.15, -0.1) is 12.4 Å². The summed E-state index contributed by atoms with van der Waals surface area (Å²) in [5, 5.41) is 17.5. The highest BCUT2D eigenvalue weighted by Gasteiger charge is 2.35. The van der Waals surface area contributed by atoms with E-state index < -0.39 is 24.4 Å². The average molecular weight is 556 g/mol. The number of hydrogen-bond acceptors (Lipinski definition) is 6. The van der Waals surface area contributed by atoms with E-state index in [1.165, 1.54) is 18.1 Å². The number of likely N-dealkylation sites (tertiary alicyclic amines) is 1. The molecule has 3 heterocycles. The van der Waals surface area contributed by atoms with Crippen molar-refractivity contribution in [1.82, 2.24) is 10.1 Å². The number of ether oxygens (including phenoxy) is 1. The van der Waals surface area contributed by atoms with Gasteiger partial charge >= 0.3 is 6.18 Å². The molecule has 12 heteroatoms. The maximum absolute atomic E-state index is 12.7. The summed E-state index contributed by atoms with van der Waals surface area (Å²) in [6.45, 7) is -0.145. The average Bonchev–Trinajstić information content (AvgIpc) is 3.55. The molecule has 0 spiro atoms. The molecule has 2 aromatic carbocycles. The highest BCUT2D eigenvalue weighted by Crippen LogP contribution is 2.42. The number of nitrogens with one attached hydrogen (secondary N) is 1. The third-order valence-electron chi connectivity index (χ3n) is 6.39. The van der Waals surface area contributed by atoms with E-state index in [2.05, 4.69) is 10.5 Å². The van der Waals surface area contributed by atoms with Crippen molar-refractivity contribution in [3.05, 3.63) is 64.4 Å². The first-order valence-electron chi connectivity index (χ1n) is 11.1. The van der Waals surface area contributed by atoms with Gasteiger partial charge in [-0.25, -0.2) is 0 Å². The first-order valence-corrected chi connectivity index (χ1v) is 11.5. The van der Waals surface area contributed by atoms with Gasteiger partial charge < -0.3 is 19.7 Å². The Labute approximate surface area is 221 Å². The third kappa shape index (κ3) is 5.41. The SMILES string of the molecule is COc1cc(C(O)=C2C(=O)Nc3cc(Cl)c(-c4ccc(C5CCN(CC(F)(F)F)C5)cc4)cc32)on1.Cl. The summed E-state index contributed by atoms with van der Waals surface area (Å²) in [5.41, 5.74) is 3.23. The molecule has 196 valence electrons. The van der Waals surface area contributed by atoms with Gasteiger partial charge in [-0.1, -0.05) is 35.9 Å². The topological polar surface area (TPSA) is 87.8 Å². The second-order valence-electron chi connectivity index (χ2n) is 8.75. The lowest BCUT2D eigenvalue weighted by atomic mass is 9.94. The number of alkyl halides is 3. The van der Waals surface area contributed by atoms with Gasteiger partial charge in [-0.3, -0.25) is 9.69 Å². The van der Waals surface area contributed by atoms with Crippen LogP contribution in [0.1, 0.15) is 29.2 Å². The smallest absolute Gasteiger partial charge is 0.401 e. The van der Waals surface area contributed by atoms with Crippen molar-refractivity contribution in [3.63, 3.8) is 0 Å². The van der Waals surface area contributed by atoms with E-state index in [-0.39, 0.29) is 35.5 Å². The van der Waals surface area contributed by atoms with Gasteiger partial charge in [0, 0.05) is 17.7 Å². The van der Waals surface area contributed by atoms with Crippen LogP contribution in [0.25, 0.3) is 22.5 Å². The van der Waals surface area contributed by atoms with Crippen LogP contribution >= 0.6 is 24.0 Å². The molecule has 3 aromatic rings. The molecule has 2 aliphatic heterocycles. The van der Waals surface area contributed by atoms with Gasteiger partial charge in [0.1, 0.15) is 0 Å². The second-order valence-corrected chi connectivity index (χ2v) is 9.15. The first-order chi connectivity index (χ1) is 17.1. The van der Waals surface area contributed by atoms with Crippen LogP contribution in [0, 0.1) is 0 Å². The number of carbonyl (C=O) groups is 1. The molecule has 1 saturated heterocycles. The summed E-state index contributed by atoms with van der Waals surface area (Å²) >= 11 is 6.52. The second kappa shape index (κ2) is 10.3. The number of halogens is 5. The number of rotatable bonds is 5. The predicted octanol–water partition coefficient (Wildman–Crippen LogP) is 6.16. The molecule has 1 fully saturated rings. The van der Waals surface area contributed by atoms with Crippen LogP contribution in [-0.2, 0) is 4.79 Å². The van der Waals surface area contributed by atoms with Crippen LogP contribution in [0.5, 0.6) is 5.88 Å². The standard InChI is InChI=1S/C25H21ClF3N3O4.ClH/c1-35-21-10-20(36-31-21)23(33)22-17-8-16(18(26)9-19(17)30-24(22)34)14-4-2-13(3-5-14)15-6-7-32(11-15)12-25(27,28)29;/h2-5,8-10,15,33H,6-7,11-12H2,1H3,(H,30,34);1H. The molecule has 1 unspecified atom stereocenters. The molecular weight excluding hydrogens is 534 g/mol. The zero-order chi connectivity index (χ0) is 25.6. The number of anilines is 1. The Bertz CT molecular complexity index is 1360. The van der Waals surface area contributed by atoms with Crippen LogP contribution in [0.4, 0.5) is 18.9 Å². The minimum Gasteiger partial charge on any atom is -0.504 e. The molecule has 7 nitrogen and oxygen atoms in total. The van der Waals surface area contributed by atoms with Crippen molar-refractivity contribution < 1.29 is 32.3 Å². The minimum atomic E-state index is -4.21. The van der Waals surface area contributed by atoms with Gasteiger partial charge in [0.05, 0.1) is 36.0 Å². The lowest BCUT2D eigenvalue weighted by Gasteiger charge is -2.18. The number of nitrogens with zero attached hydrogens (tertiary/aromatic N) is 2. The summed E-state index contributed by atoms with van der Waals surface area (Å²) in [6, 6.07) is 12.1. The van der Waals surface area contributed by atoms with E-state index in [9.17, 15) is 23.1 Å². The first kappa shape index (κ1) is 26.8. The fourth-order valence-electron chi connectivity index (χ4n) is 4.67. The van der Waals surface area contributed by atoms with Crippen LogP contribution in [0.15, 0.2) is 47.0 Å². The van der Waals surface area contributed by atoms with E-state index in [0.29, 0.717) is 41.3 Å². The van der Waals surface area contributed by atoms with E-state index in [1.807, 2.05) is 24.3 Å². The number of hydrogen-bond donors (Lipinski definition) is 2. The number of aromatic nitrogens is 1. The third-order valence-corrected chi connectivity index (χ3v) is 6.70. The van der Waals surface area contributed by atoms with Crippen LogP contribution in [0.3, 0.4) is 0 Å². The highest BCUT2D eigenvalue weighted by molar-refractivity contribution is 6.38. The lowest BCUT2D eigenvalue weighted by Crippen LogP contribution is -2.32. The van der Waals surface area contributed by atoms with E-state index in [1.54, 1.807) is 12.1 Å². The Hall–Kier alpha value is -3.21. The minimum absolute atomic E-state index is 0. The Morgan fingerprint density at radius 2 is 1.97 bits per heavy atom. The fourth-order valence-corrected chi connectivity index (χ4v) is 4.95. The van der Waals surface area contributed by atoms with Crippen molar-refractivity contribution in [3.8, 4) is 17.0 Å². The molecule has 0 saturated carbocycles. The number of benzene rings is 2. The molecule has 0 aliphatic carbocycles. The van der Waals surface area contributed by atoms with Gasteiger partial charge in [-0.05, 0) is 47.3 Å². The Balaban J connectivity index is 0.00000320. The number of methoxy groups -OCH3 is 1. The molecule has 1 atom stereocenters. The fraction of sp³-hybridized carbons (Fsp3) is 0.280. The molecule has 2 aliphatic rings. The van der Waals surface area contributed by atoms with Crippen LogP contribution < -0.4 is 10.1 Å². The summed E-state index contributed by atoms with van der Waals surface area (Å²) in [5.74, 6) is -0.774. The molecule has 0 bridgehead atoms. The van der Waals surface area contributed by atoms with Crippen molar-refractivity contribution >= 4 is 46.9 Å². The van der Waals surface area contributed by atoms with Crippen molar-refractivity contribution in [1.29, 1.82) is 0 Å². The molecule has 1 amide bonds. The molecule has 37 heavy (non-hydrogen) atoms. The van der Waals surface area contributed by atoms with E-state index in [0.717, 1.165) is 11.1 Å². The largest absolute Gasteiger partial charge is 0.504 e. The Kier molecular flexibility index (Phi) is 7.45. The number of carbonyl (C=O) groups excluding carboxylic acids is 1. The zero-order valence-electron chi connectivity index (χ0n) is 19.4.